The Morgan fingerprint density at radius 3 is 2.70 bits per heavy atom. The molecule has 0 unspecified atom stereocenters. The zero-order chi connectivity index (χ0) is 22.5. The van der Waals surface area contributed by atoms with Crippen molar-refractivity contribution in [3.8, 4) is 0 Å². The molecule has 172 valence electrons. The predicted molar refractivity (Wildman–Crippen MR) is 132 cm³/mol. The van der Waals surface area contributed by atoms with Crippen LogP contribution in [-0.2, 0) is 30.5 Å². The number of hydrogen-bond acceptors (Lipinski definition) is 6. The number of rotatable bonds is 8. The average Bonchev–Trinajstić information content (AvgIpc) is 3.71. The second-order valence-electron chi connectivity index (χ2n) is 10.1. The van der Waals surface area contributed by atoms with Gasteiger partial charge < -0.3 is 5.32 Å². The number of amides is 1. The number of thiophene rings is 1. The number of aromatic nitrogens is 2. The number of carbonyl (C=O) groups is 2. The van der Waals surface area contributed by atoms with E-state index in [1.165, 1.54) is 23.3 Å². The Morgan fingerprint density at radius 2 is 1.91 bits per heavy atom. The van der Waals surface area contributed by atoms with Crippen LogP contribution >= 0.6 is 22.7 Å². The number of aryl methyl sites for hydroxylation is 2. The Hall–Kier alpha value is -2.12. The van der Waals surface area contributed by atoms with E-state index in [1.54, 1.807) is 22.7 Å². The third-order valence-electron chi connectivity index (χ3n) is 7.18. The van der Waals surface area contributed by atoms with Crippen molar-refractivity contribution in [3.05, 3.63) is 43.7 Å². The van der Waals surface area contributed by atoms with Crippen LogP contribution in [0.1, 0.15) is 68.5 Å². The van der Waals surface area contributed by atoms with E-state index in [1.807, 2.05) is 13.0 Å². The molecule has 3 heterocycles. The average molecular weight is 480 g/mol. The van der Waals surface area contributed by atoms with Gasteiger partial charge in [0.05, 0.1) is 10.6 Å². The van der Waals surface area contributed by atoms with Gasteiger partial charge in [0.15, 0.2) is 0 Å². The minimum Gasteiger partial charge on any atom is -0.352 e. The van der Waals surface area contributed by atoms with Crippen molar-refractivity contribution < 1.29 is 9.59 Å². The Bertz CT molecular complexity index is 1240. The number of nitrogens with one attached hydrogen (secondary N) is 1. The summed E-state index contributed by atoms with van der Waals surface area (Å²) in [7, 11) is 0. The van der Waals surface area contributed by atoms with Gasteiger partial charge in [-0.1, -0.05) is 11.3 Å². The van der Waals surface area contributed by atoms with Gasteiger partial charge in [-0.3, -0.25) is 9.59 Å². The second-order valence-corrected chi connectivity index (χ2v) is 12.3. The molecule has 1 atom stereocenters. The molecule has 3 aromatic heterocycles. The first-order chi connectivity index (χ1) is 16.0. The summed E-state index contributed by atoms with van der Waals surface area (Å²) in [6.45, 7) is 2.78. The van der Waals surface area contributed by atoms with Crippen molar-refractivity contribution in [1.82, 2.24) is 15.3 Å². The number of hydrogen-bond donors (Lipinski definition) is 1. The molecule has 0 aliphatic heterocycles. The predicted octanol–water partition coefficient (Wildman–Crippen LogP) is 5.07. The molecular weight excluding hydrogens is 450 g/mol. The maximum Gasteiger partial charge on any atom is 0.252 e. The summed E-state index contributed by atoms with van der Waals surface area (Å²) in [6.07, 6.45) is 8.83. The van der Waals surface area contributed by atoms with Gasteiger partial charge in [-0.2, -0.15) is 0 Å². The molecule has 6 rings (SSSR count). The van der Waals surface area contributed by atoms with Crippen LogP contribution in [0.25, 0.3) is 10.3 Å². The maximum absolute atomic E-state index is 13.3. The summed E-state index contributed by atoms with van der Waals surface area (Å²) in [6, 6.07) is 4.07. The molecule has 3 aliphatic rings. The van der Waals surface area contributed by atoms with Crippen molar-refractivity contribution in [3.63, 3.8) is 0 Å². The quantitative estimate of drug-likeness (QED) is 0.490. The minimum atomic E-state index is 0.0401. The number of Topliss-reactive ketones (excluding diaryl/α,β-unsaturated/α-hetero) is 1. The number of fused-ring (bicyclic) bond motifs is 2. The lowest BCUT2D eigenvalue weighted by molar-refractivity contribution is -0.119. The number of carbonyl (C=O) groups excluding carboxylic acids is 2. The van der Waals surface area contributed by atoms with Crippen molar-refractivity contribution in [2.24, 2.45) is 17.8 Å². The molecule has 1 N–H and O–H groups in total. The Morgan fingerprint density at radius 1 is 1.06 bits per heavy atom. The summed E-state index contributed by atoms with van der Waals surface area (Å²) >= 11 is 3.42. The topological polar surface area (TPSA) is 72.0 Å². The standard InChI is InChI=1S/C26H29N3O2S2/c1-14-2-8-19-26(28-14)33-23(29-19)11-16-5-9-21-18(10-16)24(25(31)27-13-15-3-4-15)22(32-21)12-20(30)17-6-7-17/h2,8,15-17H,3-7,9-13H2,1H3,(H,27,31)/t16-/m0/s1. The van der Waals surface area contributed by atoms with Crippen molar-refractivity contribution in [2.75, 3.05) is 6.54 Å². The minimum absolute atomic E-state index is 0.0401. The summed E-state index contributed by atoms with van der Waals surface area (Å²) in [5, 5.41) is 4.32. The van der Waals surface area contributed by atoms with E-state index in [2.05, 4.69) is 16.4 Å². The van der Waals surface area contributed by atoms with E-state index in [-0.39, 0.29) is 11.8 Å². The molecule has 0 radical (unpaired) electrons. The monoisotopic (exact) mass is 479 g/mol. The molecule has 0 saturated heterocycles. The lowest BCUT2D eigenvalue weighted by Gasteiger charge is -2.22. The van der Waals surface area contributed by atoms with Crippen LogP contribution in [0.15, 0.2) is 12.1 Å². The van der Waals surface area contributed by atoms with E-state index < -0.39 is 0 Å². The van der Waals surface area contributed by atoms with Crippen LogP contribution in [0, 0.1) is 24.7 Å². The Labute approximate surface area is 202 Å². The highest BCUT2D eigenvalue weighted by atomic mass is 32.1. The van der Waals surface area contributed by atoms with E-state index in [9.17, 15) is 9.59 Å². The highest BCUT2D eigenvalue weighted by Crippen LogP contribution is 2.40. The fraction of sp³-hybridized carbons (Fsp3) is 0.538. The molecule has 2 saturated carbocycles. The van der Waals surface area contributed by atoms with Gasteiger partial charge in [-0.25, -0.2) is 9.97 Å². The zero-order valence-electron chi connectivity index (χ0n) is 19.0. The highest BCUT2D eigenvalue weighted by Gasteiger charge is 2.34. The Kier molecular flexibility index (Phi) is 5.57. The molecule has 33 heavy (non-hydrogen) atoms. The van der Waals surface area contributed by atoms with Crippen LogP contribution in [0.3, 0.4) is 0 Å². The first-order valence-electron chi connectivity index (χ1n) is 12.2. The van der Waals surface area contributed by atoms with E-state index in [0.29, 0.717) is 24.0 Å². The van der Waals surface area contributed by atoms with Crippen LogP contribution in [0.4, 0.5) is 0 Å². The molecule has 7 heteroatoms. The van der Waals surface area contributed by atoms with Gasteiger partial charge in [0.1, 0.15) is 16.1 Å². The summed E-state index contributed by atoms with van der Waals surface area (Å²) < 4.78 is 0. The maximum atomic E-state index is 13.3. The molecular formula is C26H29N3O2S2. The van der Waals surface area contributed by atoms with Crippen molar-refractivity contribution in [1.29, 1.82) is 0 Å². The van der Waals surface area contributed by atoms with Crippen LogP contribution in [0.2, 0.25) is 0 Å². The van der Waals surface area contributed by atoms with Crippen molar-refractivity contribution in [2.45, 2.75) is 64.7 Å². The van der Waals surface area contributed by atoms with Crippen LogP contribution in [-0.4, -0.2) is 28.2 Å². The smallest absolute Gasteiger partial charge is 0.252 e. The Balaban J connectivity index is 1.24. The van der Waals surface area contributed by atoms with Crippen LogP contribution in [0.5, 0.6) is 0 Å². The number of thiazole rings is 1. The zero-order valence-corrected chi connectivity index (χ0v) is 20.6. The van der Waals surface area contributed by atoms with Crippen molar-refractivity contribution >= 4 is 44.7 Å². The van der Waals surface area contributed by atoms with Gasteiger partial charge in [0.2, 0.25) is 0 Å². The molecule has 0 aromatic carbocycles. The fourth-order valence-corrected chi connectivity index (χ4v) is 7.37. The number of pyridine rings is 1. The molecule has 1 amide bonds. The highest BCUT2D eigenvalue weighted by molar-refractivity contribution is 7.18. The third-order valence-corrected chi connectivity index (χ3v) is 9.46. The van der Waals surface area contributed by atoms with Crippen LogP contribution < -0.4 is 5.32 Å². The van der Waals surface area contributed by atoms with Gasteiger partial charge in [-0.15, -0.1) is 11.3 Å². The van der Waals surface area contributed by atoms with E-state index in [4.69, 9.17) is 4.98 Å². The first kappa shape index (κ1) is 21.4. The molecule has 0 bridgehead atoms. The summed E-state index contributed by atoms with van der Waals surface area (Å²) in [5.74, 6) is 1.70. The summed E-state index contributed by atoms with van der Waals surface area (Å²) in [4.78, 5) is 38.7. The molecule has 3 aliphatic carbocycles. The summed E-state index contributed by atoms with van der Waals surface area (Å²) in [5.41, 5.74) is 4.04. The number of ketones is 1. The first-order valence-corrected chi connectivity index (χ1v) is 13.8. The fourth-order valence-electron chi connectivity index (χ4n) is 4.92. The van der Waals surface area contributed by atoms with Gasteiger partial charge in [-0.05, 0) is 81.4 Å². The van der Waals surface area contributed by atoms with Gasteiger partial charge >= 0.3 is 0 Å². The molecule has 0 spiro atoms. The van der Waals surface area contributed by atoms with E-state index in [0.717, 1.165) is 76.6 Å². The number of nitrogens with zero attached hydrogens (tertiary/aromatic N) is 2. The normalized spacial score (nSPS) is 20.1. The largest absolute Gasteiger partial charge is 0.352 e. The molecule has 3 aromatic rings. The third kappa shape index (κ3) is 4.62. The lowest BCUT2D eigenvalue weighted by Crippen LogP contribution is -2.28. The second kappa shape index (κ2) is 8.58. The lowest BCUT2D eigenvalue weighted by atomic mass is 9.84. The SMILES string of the molecule is Cc1ccc2nc(C[C@H]3CCc4sc(CC(=O)C5CC5)c(C(=O)NCC5CC5)c4C3)sc2n1. The molecule has 2 fully saturated rings. The molecule has 5 nitrogen and oxygen atoms in total. The van der Waals surface area contributed by atoms with Gasteiger partial charge in [0.25, 0.3) is 5.91 Å². The van der Waals surface area contributed by atoms with E-state index >= 15 is 0 Å². The van der Waals surface area contributed by atoms with Gasteiger partial charge in [0, 0.05) is 40.8 Å².